The topological polar surface area (TPSA) is 146 Å². The maximum atomic E-state index is 13.8. The summed E-state index contributed by atoms with van der Waals surface area (Å²) in [6, 6.07) is 7.19. The Morgan fingerprint density at radius 2 is 1.85 bits per heavy atom. The molecule has 2 aliphatic rings. The van der Waals surface area contributed by atoms with Gasteiger partial charge in [0.05, 0.1) is 23.5 Å². The third-order valence-corrected chi connectivity index (χ3v) is 9.34. The van der Waals surface area contributed by atoms with Crippen molar-refractivity contribution < 1.29 is 27.5 Å². The van der Waals surface area contributed by atoms with Crippen LogP contribution in [0, 0.1) is 23.2 Å². The van der Waals surface area contributed by atoms with Gasteiger partial charge in [0.1, 0.15) is 12.1 Å². The zero-order valence-electron chi connectivity index (χ0n) is 29.7. The Kier molecular flexibility index (Phi) is 10.4. The Hall–Kier alpha value is -5.17. The van der Waals surface area contributed by atoms with E-state index in [0.717, 1.165) is 55.8 Å². The normalized spacial score (nSPS) is 16.1. The second-order valence-electron chi connectivity index (χ2n) is 14.4. The quantitative estimate of drug-likeness (QED) is 0.209. The average molecular weight is 721 g/mol. The van der Waals surface area contributed by atoms with Crippen LogP contribution in [0.15, 0.2) is 43.0 Å². The van der Waals surface area contributed by atoms with Crippen molar-refractivity contribution in [3.05, 3.63) is 59.8 Å². The molecule has 0 saturated carbocycles. The van der Waals surface area contributed by atoms with Crippen LogP contribution < -0.4 is 10.6 Å². The number of hydrogen-bond donors (Lipinski definition) is 2. The maximum absolute atomic E-state index is 13.8. The molecule has 0 unspecified atom stereocenters. The van der Waals surface area contributed by atoms with Crippen LogP contribution in [-0.4, -0.2) is 90.8 Å². The molecule has 2 saturated heterocycles. The Morgan fingerprint density at radius 1 is 1.10 bits per heavy atom. The van der Waals surface area contributed by atoms with Crippen LogP contribution in [0.25, 0.3) is 16.9 Å². The summed E-state index contributed by atoms with van der Waals surface area (Å²) in [6.45, 7) is 12.1. The van der Waals surface area contributed by atoms with Crippen molar-refractivity contribution in [3.8, 4) is 17.3 Å². The van der Waals surface area contributed by atoms with Gasteiger partial charge in [0.2, 0.25) is 0 Å². The number of ether oxygens (including phenoxy) is 1. The number of imidazole rings is 1. The van der Waals surface area contributed by atoms with Crippen molar-refractivity contribution in [2.45, 2.75) is 65.3 Å². The van der Waals surface area contributed by atoms with Crippen molar-refractivity contribution in [1.82, 2.24) is 39.3 Å². The molecule has 5 heterocycles. The summed E-state index contributed by atoms with van der Waals surface area (Å²) < 4.78 is 49.4. The third kappa shape index (κ3) is 8.31. The molecule has 2 fully saturated rings. The van der Waals surface area contributed by atoms with Crippen LogP contribution in [0.1, 0.15) is 62.2 Å². The van der Waals surface area contributed by atoms with Gasteiger partial charge in [-0.3, -0.25) is 13.9 Å². The first kappa shape index (κ1) is 36.6. The minimum atomic E-state index is -4.73. The van der Waals surface area contributed by atoms with Gasteiger partial charge in [-0.2, -0.15) is 23.5 Å². The number of carbonyl (C=O) groups excluding carboxylic acids is 2. The highest BCUT2D eigenvalue weighted by molar-refractivity contribution is 5.96. The highest BCUT2D eigenvalue weighted by Gasteiger charge is 2.39. The first-order chi connectivity index (χ1) is 24.7. The zero-order chi connectivity index (χ0) is 37.2. The number of aromatic nitrogens is 5. The Balaban J connectivity index is 1.04. The molecular formula is C36H43F3N10O3. The molecule has 3 aromatic heterocycles. The summed E-state index contributed by atoms with van der Waals surface area (Å²) in [4.78, 5) is 38.5. The van der Waals surface area contributed by atoms with Gasteiger partial charge >= 0.3 is 12.3 Å². The van der Waals surface area contributed by atoms with Gasteiger partial charge in [-0.1, -0.05) is 6.92 Å². The number of halogens is 3. The lowest BCUT2D eigenvalue weighted by Crippen LogP contribution is -2.55. The maximum Gasteiger partial charge on any atom is 0.435 e. The van der Waals surface area contributed by atoms with E-state index >= 15 is 0 Å². The van der Waals surface area contributed by atoms with E-state index < -0.39 is 17.5 Å². The molecule has 2 amide bonds. The number of alkyl halides is 3. The van der Waals surface area contributed by atoms with Crippen molar-refractivity contribution >= 4 is 29.2 Å². The van der Waals surface area contributed by atoms with E-state index in [9.17, 15) is 22.8 Å². The number of anilines is 2. The highest BCUT2D eigenvalue weighted by Crippen LogP contribution is 2.37. The molecule has 13 nitrogen and oxygen atoms in total. The molecule has 0 spiro atoms. The van der Waals surface area contributed by atoms with E-state index in [4.69, 9.17) is 10.00 Å². The molecule has 0 aliphatic carbocycles. The third-order valence-electron chi connectivity index (χ3n) is 9.34. The van der Waals surface area contributed by atoms with E-state index in [2.05, 4.69) is 30.6 Å². The summed E-state index contributed by atoms with van der Waals surface area (Å²) in [6.07, 6.45) is 3.05. The summed E-state index contributed by atoms with van der Waals surface area (Å²) in [7, 11) is 0. The lowest BCUT2D eigenvalue weighted by atomic mass is 9.94. The number of hydrogen-bond acceptors (Lipinski definition) is 9. The molecule has 52 heavy (non-hydrogen) atoms. The van der Waals surface area contributed by atoms with E-state index in [1.54, 1.807) is 17.0 Å². The highest BCUT2D eigenvalue weighted by atomic mass is 19.4. The fraction of sp³-hybridized carbons (Fsp3) is 0.500. The van der Waals surface area contributed by atoms with Gasteiger partial charge in [0.25, 0.3) is 5.91 Å². The number of amides is 2. The van der Waals surface area contributed by atoms with Crippen LogP contribution in [0.3, 0.4) is 0 Å². The summed E-state index contributed by atoms with van der Waals surface area (Å²) in [5, 5.41) is 18.9. The van der Waals surface area contributed by atoms with E-state index in [0.29, 0.717) is 47.5 Å². The van der Waals surface area contributed by atoms with Gasteiger partial charge in [-0.15, -0.1) is 0 Å². The Bertz CT molecular complexity index is 1960. The number of aryl methyl sites for hydroxylation is 1. The van der Waals surface area contributed by atoms with Gasteiger partial charge in [0.15, 0.2) is 17.2 Å². The van der Waals surface area contributed by atoms with Crippen molar-refractivity contribution in [2.75, 3.05) is 44.6 Å². The second kappa shape index (κ2) is 14.8. The van der Waals surface area contributed by atoms with Gasteiger partial charge in [0, 0.05) is 61.9 Å². The van der Waals surface area contributed by atoms with Crippen LogP contribution in [0.5, 0.6) is 0 Å². The molecule has 16 heteroatoms. The molecule has 6 rings (SSSR count). The van der Waals surface area contributed by atoms with E-state index in [1.165, 1.54) is 29.2 Å². The number of likely N-dealkylation sites (tertiary alicyclic amines) is 2. The lowest BCUT2D eigenvalue weighted by molar-refractivity contribution is -0.141. The first-order valence-corrected chi connectivity index (χ1v) is 17.4. The fourth-order valence-electron chi connectivity index (χ4n) is 6.73. The van der Waals surface area contributed by atoms with Gasteiger partial charge in [-0.25, -0.2) is 14.8 Å². The van der Waals surface area contributed by atoms with Gasteiger partial charge < -0.3 is 25.2 Å². The van der Waals surface area contributed by atoms with Crippen molar-refractivity contribution in [3.63, 3.8) is 0 Å². The minimum Gasteiger partial charge on any atom is -0.444 e. The smallest absolute Gasteiger partial charge is 0.435 e. The van der Waals surface area contributed by atoms with E-state index in [-0.39, 0.29) is 29.8 Å². The second-order valence-corrected chi connectivity index (χ2v) is 14.4. The Labute approximate surface area is 299 Å². The van der Waals surface area contributed by atoms with Crippen molar-refractivity contribution in [1.29, 1.82) is 5.26 Å². The Morgan fingerprint density at radius 3 is 2.52 bits per heavy atom. The first-order valence-electron chi connectivity index (χ1n) is 17.4. The van der Waals surface area contributed by atoms with Crippen LogP contribution >= 0.6 is 0 Å². The number of carbonyl (C=O) groups is 2. The molecule has 276 valence electrons. The van der Waals surface area contributed by atoms with Crippen LogP contribution in [0.4, 0.5) is 29.5 Å². The number of piperidine rings is 1. The molecule has 0 atom stereocenters. The minimum absolute atomic E-state index is 0.141. The number of benzene rings is 1. The molecule has 2 N–H and O–H groups in total. The molecule has 4 aromatic rings. The zero-order valence-corrected chi connectivity index (χ0v) is 29.7. The molecule has 0 bridgehead atoms. The summed E-state index contributed by atoms with van der Waals surface area (Å²) in [5.74, 6) is 1.01. The number of fused-ring (bicyclic) bond motifs is 1. The standard InChI is InChI=1S/C36H43F3N10O3/c1-5-25-16-26(44-31-32-42-18-29(49(32)15-11-41-31)28-22-48(14-10-40)45-30(28)36(37,38)39)6-7-27(25)33(50)43-17-23-8-12-46(13-9-23)19-24-20-47(21-24)34(51)52-35(2,3)4/h6-7,11,15-16,18,22-24H,5,8-9,12-14,17,19-21H2,1-4H3,(H,41,44)(H,43,50). The lowest BCUT2D eigenvalue weighted by Gasteiger charge is -2.43. The van der Waals surface area contributed by atoms with Crippen molar-refractivity contribution in [2.24, 2.45) is 11.8 Å². The fourth-order valence-corrected chi connectivity index (χ4v) is 6.73. The predicted molar refractivity (Wildman–Crippen MR) is 187 cm³/mol. The predicted octanol–water partition coefficient (Wildman–Crippen LogP) is 5.75. The van der Waals surface area contributed by atoms with Crippen LogP contribution in [0.2, 0.25) is 0 Å². The largest absolute Gasteiger partial charge is 0.444 e. The molecular weight excluding hydrogens is 677 g/mol. The molecule has 2 aliphatic heterocycles. The van der Waals surface area contributed by atoms with E-state index in [1.807, 2.05) is 39.8 Å². The monoisotopic (exact) mass is 720 g/mol. The number of nitriles is 1. The molecule has 1 aromatic carbocycles. The average Bonchev–Trinajstić information content (AvgIpc) is 3.70. The number of rotatable bonds is 10. The summed E-state index contributed by atoms with van der Waals surface area (Å²) >= 11 is 0. The van der Waals surface area contributed by atoms with Crippen LogP contribution in [-0.2, 0) is 23.9 Å². The molecule has 0 radical (unpaired) electrons. The number of nitrogens with zero attached hydrogens (tertiary/aromatic N) is 8. The number of nitrogens with one attached hydrogen (secondary N) is 2. The SMILES string of the molecule is CCc1cc(Nc2nccn3c(-c4cn(CC#N)nc4C(F)(F)F)cnc23)ccc1C(=O)NCC1CCN(CC2CN(C(=O)OC(C)(C)C)C2)CC1. The summed E-state index contributed by atoms with van der Waals surface area (Å²) in [5.41, 5.74) is 0.679. The van der Waals surface area contributed by atoms with Gasteiger partial charge in [-0.05, 0) is 82.8 Å².